The number of amides is 1. The molecule has 1 saturated heterocycles. The molecule has 1 N–H and O–H groups in total. The molecule has 160 valence electrons. The molecule has 1 aliphatic rings. The van der Waals surface area contributed by atoms with Gasteiger partial charge < -0.3 is 14.8 Å². The van der Waals surface area contributed by atoms with Gasteiger partial charge in [-0.15, -0.1) is 0 Å². The van der Waals surface area contributed by atoms with E-state index in [1.54, 1.807) is 0 Å². The van der Waals surface area contributed by atoms with Crippen molar-refractivity contribution in [2.45, 2.75) is 4.90 Å². The Hall–Kier alpha value is -2.53. The lowest BCUT2D eigenvalue weighted by atomic mass is 10.2. The summed E-state index contributed by atoms with van der Waals surface area (Å²) in [4.78, 5) is 24.0. The first-order chi connectivity index (χ1) is 14.3. The van der Waals surface area contributed by atoms with Crippen molar-refractivity contribution in [3.63, 3.8) is 0 Å². The highest BCUT2D eigenvalue weighted by atomic mass is 35.5. The van der Waals surface area contributed by atoms with Gasteiger partial charge in [0, 0.05) is 18.1 Å². The number of carbonyl (C=O) groups is 2. The van der Waals surface area contributed by atoms with Crippen molar-refractivity contribution in [2.75, 3.05) is 38.2 Å². The molecule has 1 aliphatic heterocycles. The summed E-state index contributed by atoms with van der Waals surface area (Å²) in [6.45, 7) is 0.511. The molecule has 0 atom stereocenters. The quantitative estimate of drug-likeness (QED) is 0.669. The predicted octanol–water partition coefficient (Wildman–Crippen LogP) is 2.30. The third kappa shape index (κ3) is 5.33. The van der Waals surface area contributed by atoms with E-state index in [1.807, 2.05) is 0 Å². The Kier molecular flexibility index (Phi) is 7.03. The molecule has 0 saturated carbocycles. The topological polar surface area (TPSA) is 102 Å². The van der Waals surface area contributed by atoms with Gasteiger partial charge in [0.05, 0.1) is 29.4 Å². The van der Waals surface area contributed by atoms with Crippen LogP contribution in [0.25, 0.3) is 0 Å². The van der Waals surface area contributed by atoms with E-state index in [9.17, 15) is 22.4 Å². The molecule has 0 aliphatic carbocycles. The number of hydrogen-bond acceptors (Lipinski definition) is 6. The Morgan fingerprint density at radius 1 is 1.13 bits per heavy atom. The summed E-state index contributed by atoms with van der Waals surface area (Å²) in [5.41, 5.74) is -0.0705. The predicted molar refractivity (Wildman–Crippen MR) is 106 cm³/mol. The molecule has 11 heteroatoms. The highest BCUT2D eigenvalue weighted by molar-refractivity contribution is 7.89. The van der Waals surface area contributed by atoms with Crippen LogP contribution in [0.5, 0.6) is 0 Å². The van der Waals surface area contributed by atoms with Crippen molar-refractivity contribution >= 4 is 39.2 Å². The smallest absolute Gasteiger partial charge is 0.338 e. The molecule has 2 aromatic carbocycles. The lowest BCUT2D eigenvalue weighted by molar-refractivity contribution is -0.119. The van der Waals surface area contributed by atoms with Gasteiger partial charge >= 0.3 is 5.97 Å². The summed E-state index contributed by atoms with van der Waals surface area (Å²) < 4.78 is 50.1. The summed E-state index contributed by atoms with van der Waals surface area (Å²) in [6.07, 6.45) is 0. The van der Waals surface area contributed by atoms with Crippen molar-refractivity contribution in [3.8, 4) is 0 Å². The largest absolute Gasteiger partial charge is 0.452 e. The third-order valence-electron chi connectivity index (χ3n) is 4.23. The molecule has 0 unspecified atom stereocenters. The van der Waals surface area contributed by atoms with Crippen LogP contribution in [0.1, 0.15) is 10.4 Å². The molecule has 30 heavy (non-hydrogen) atoms. The number of ether oxygens (including phenoxy) is 2. The number of nitrogens with one attached hydrogen (secondary N) is 1. The molecular weight excluding hydrogens is 439 g/mol. The van der Waals surface area contributed by atoms with E-state index in [2.05, 4.69) is 5.32 Å². The molecule has 2 aromatic rings. The van der Waals surface area contributed by atoms with Crippen molar-refractivity contribution in [1.29, 1.82) is 0 Å². The lowest BCUT2D eigenvalue weighted by Crippen LogP contribution is -2.40. The summed E-state index contributed by atoms with van der Waals surface area (Å²) in [7, 11) is -3.68. The Labute approximate surface area is 177 Å². The Morgan fingerprint density at radius 2 is 1.80 bits per heavy atom. The first kappa shape index (κ1) is 22.2. The lowest BCUT2D eigenvalue weighted by Gasteiger charge is -2.26. The van der Waals surface area contributed by atoms with Gasteiger partial charge in [0.15, 0.2) is 6.61 Å². The fraction of sp³-hybridized carbons (Fsp3) is 0.263. The molecular formula is C19H18ClFN2O6S. The maximum atomic E-state index is 13.6. The van der Waals surface area contributed by atoms with Crippen molar-refractivity contribution in [1.82, 2.24) is 4.31 Å². The van der Waals surface area contributed by atoms with Crippen LogP contribution in [0.2, 0.25) is 5.02 Å². The molecule has 0 aromatic heterocycles. The minimum atomic E-state index is -3.68. The van der Waals surface area contributed by atoms with E-state index in [1.165, 1.54) is 40.7 Å². The van der Waals surface area contributed by atoms with E-state index in [-0.39, 0.29) is 34.3 Å². The van der Waals surface area contributed by atoms with Crippen molar-refractivity contribution < 1.29 is 31.9 Å². The Bertz CT molecular complexity index is 1040. The van der Waals surface area contributed by atoms with Crippen LogP contribution in [-0.4, -0.2) is 57.5 Å². The molecule has 0 bridgehead atoms. The second-order valence-electron chi connectivity index (χ2n) is 6.29. The molecule has 0 radical (unpaired) electrons. The summed E-state index contributed by atoms with van der Waals surface area (Å²) >= 11 is 5.75. The zero-order valence-corrected chi connectivity index (χ0v) is 17.2. The van der Waals surface area contributed by atoms with E-state index in [0.29, 0.717) is 13.2 Å². The third-order valence-corrected chi connectivity index (χ3v) is 6.38. The zero-order valence-electron chi connectivity index (χ0n) is 15.6. The van der Waals surface area contributed by atoms with E-state index in [0.717, 1.165) is 6.07 Å². The monoisotopic (exact) mass is 456 g/mol. The summed E-state index contributed by atoms with van der Waals surface area (Å²) in [5.74, 6) is -2.26. The average molecular weight is 457 g/mol. The van der Waals surface area contributed by atoms with Gasteiger partial charge in [-0.1, -0.05) is 11.6 Å². The summed E-state index contributed by atoms with van der Waals surface area (Å²) in [6, 6.07) is 8.83. The normalized spacial score (nSPS) is 14.9. The van der Waals surface area contributed by atoms with Gasteiger partial charge in [0.25, 0.3) is 5.91 Å². The highest BCUT2D eigenvalue weighted by Gasteiger charge is 2.26. The van der Waals surface area contributed by atoms with Crippen molar-refractivity contribution in [3.05, 3.63) is 58.9 Å². The fourth-order valence-electron chi connectivity index (χ4n) is 2.69. The first-order valence-corrected chi connectivity index (χ1v) is 10.7. The maximum Gasteiger partial charge on any atom is 0.338 e. The zero-order chi connectivity index (χ0) is 21.7. The van der Waals surface area contributed by atoms with Crippen LogP contribution < -0.4 is 5.32 Å². The van der Waals surface area contributed by atoms with Crippen LogP contribution in [0.4, 0.5) is 10.1 Å². The summed E-state index contributed by atoms with van der Waals surface area (Å²) in [5, 5.41) is 2.48. The van der Waals surface area contributed by atoms with Gasteiger partial charge in [-0.05, 0) is 42.5 Å². The first-order valence-electron chi connectivity index (χ1n) is 8.87. The fourth-order valence-corrected chi connectivity index (χ4v) is 4.27. The molecule has 0 spiro atoms. The number of rotatable bonds is 6. The Balaban J connectivity index is 1.58. The van der Waals surface area contributed by atoms with E-state index < -0.39 is 34.3 Å². The molecule has 8 nitrogen and oxygen atoms in total. The second kappa shape index (κ2) is 9.52. The number of morpholine rings is 1. The number of carbonyl (C=O) groups excluding carboxylic acids is 2. The van der Waals surface area contributed by atoms with E-state index in [4.69, 9.17) is 21.1 Å². The minimum absolute atomic E-state index is 0.0372. The number of esters is 1. The van der Waals surface area contributed by atoms with E-state index >= 15 is 0 Å². The standard InChI is InChI=1S/C19H18ClFN2O6S/c20-14-3-6-16(21)17(11-14)22-18(24)12-29-19(25)13-1-4-15(5-2-13)30(26,27)23-7-9-28-10-8-23/h1-6,11H,7-10,12H2,(H,22,24). The molecule has 3 rings (SSSR count). The molecule has 1 fully saturated rings. The number of sulfonamides is 1. The van der Waals surface area contributed by atoms with Gasteiger partial charge in [0.1, 0.15) is 5.82 Å². The van der Waals surface area contributed by atoms with Crippen molar-refractivity contribution in [2.24, 2.45) is 0 Å². The van der Waals surface area contributed by atoms with Crippen LogP contribution >= 0.6 is 11.6 Å². The van der Waals surface area contributed by atoms with Crippen LogP contribution in [0.15, 0.2) is 47.4 Å². The van der Waals surface area contributed by atoms with Gasteiger partial charge in [-0.25, -0.2) is 17.6 Å². The van der Waals surface area contributed by atoms with Gasteiger partial charge in [0.2, 0.25) is 10.0 Å². The van der Waals surface area contributed by atoms with Crippen LogP contribution in [0, 0.1) is 5.82 Å². The minimum Gasteiger partial charge on any atom is -0.452 e. The number of hydrogen-bond donors (Lipinski definition) is 1. The number of nitrogens with zero attached hydrogens (tertiary/aromatic N) is 1. The van der Waals surface area contributed by atoms with Gasteiger partial charge in [-0.3, -0.25) is 4.79 Å². The number of halogens is 2. The average Bonchev–Trinajstić information content (AvgIpc) is 2.75. The van der Waals surface area contributed by atoms with Gasteiger partial charge in [-0.2, -0.15) is 4.31 Å². The maximum absolute atomic E-state index is 13.6. The highest BCUT2D eigenvalue weighted by Crippen LogP contribution is 2.20. The molecule has 1 amide bonds. The Morgan fingerprint density at radius 3 is 2.47 bits per heavy atom. The van der Waals surface area contributed by atoms with Crippen LogP contribution in [-0.2, 0) is 24.3 Å². The number of anilines is 1. The SMILES string of the molecule is O=C(COC(=O)c1ccc(S(=O)(=O)N2CCOCC2)cc1)Nc1cc(Cl)ccc1F. The van der Waals surface area contributed by atoms with Crippen LogP contribution in [0.3, 0.4) is 0 Å². The second-order valence-corrected chi connectivity index (χ2v) is 8.66. The molecule has 1 heterocycles. The number of benzene rings is 2.